The number of hydrogen-bond donors (Lipinski definition) is 1. The number of aromatic nitrogens is 1. The Labute approximate surface area is 192 Å². The lowest BCUT2D eigenvalue weighted by atomic mass is 9.75. The van der Waals surface area contributed by atoms with E-state index in [4.69, 9.17) is 4.74 Å². The zero-order valence-corrected chi connectivity index (χ0v) is 19.3. The van der Waals surface area contributed by atoms with Crippen LogP contribution in [0.5, 0.6) is 0 Å². The smallest absolute Gasteiger partial charge is 0.325 e. The number of aryl methyl sites for hydroxylation is 1. The number of pyridine rings is 1. The lowest BCUT2D eigenvalue weighted by Crippen LogP contribution is -2.54. The van der Waals surface area contributed by atoms with Crippen LogP contribution in [0.1, 0.15) is 41.1 Å². The first kappa shape index (κ1) is 21.6. The van der Waals surface area contributed by atoms with E-state index in [-0.39, 0.29) is 24.0 Å². The van der Waals surface area contributed by atoms with Crippen LogP contribution in [-0.2, 0) is 21.6 Å². The van der Waals surface area contributed by atoms with E-state index in [0.717, 1.165) is 45.3 Å². The number of carbonyl (C=O) groups excluding carboxylic acids is 2. The number of urea groups is 1. The molecule has 8 heteroatoms. The Balaban J connectivity index is 1.36. The van der Waals surface area contributed by atoms with Gasteiger partial charge in [0.05, 0.1) is 18.3 Å². The van der Waals surface area contributed by atoms with Crippen molar-refractivity contribution in [3.8, 4) is 0 Å². The highest BCUT2D eigenvalue weighted by Gasteiger charge is 2.58. The van der Waals surface area contributed by atoms with Crippen LogP contribution >= 0.6 is 11.3 Å². The van der Waals surface area contributed by atoms with Crippen LogP contribution in [0.3, 0.4) is 0 Å². The Hall–Kier alpha value is -2.29. The van der Waals surface area contributed by atoms with Gasteiger partial charge in [-0.3, -0.25) is 19.6 Å². The van der Waals surface area contributed by atoms with Crippen LogP contribution in [0, 0.1) is 12.8 Å². The summed E-state index contributed by atoms with van der Waals surface area (Å²) < 4.78 is 5.71. The quantitative estimate of drug-likeness (QED) is 0.678. The molecule has 0 spiro atoms. The second-order valence-corrected chi connectivity index (χ2v) is 10.4. The molecule has 0 radical (unpaired) electrons. The maximum absolute atomic E-state index is 13.8. The fraction of sp³-hybridized carbons (Fsp3) is 0.542. The Morgan fingerprint density at radius 2 is 2.03 bits per heavy atom. The van der Waals surface area contributed by atoms with Gasteiger partial charge in [-0.2, -0.15) is 0 Å². The molecule has 2 atom stereocenters. The molecule has 0 unspecified atom stereocenters. The Kier molecular flexibility index (Phi) is 6.01. The largest absolute Gasteiger partial charge is 0.376 e. The fourth-order valence-corrected chi connectivity index (χ4v) is 6.26. The SMILES string of the molecule is Cc1ccc(CN2CCC([C@]3(c4ccccn4)NC(=O)N(C[C@H]4CCCO4)C3=O)CC2)s1. The molecule has 32 heavy (non-hydrogen) atoms. The topological polar surface area (TPSA) is 74.8 Å². The molecule has 1 N–H and O–H groups in total. The molecule has 3 amide bonds. The molecule has 0 aromatic carbocycles. The Bertz CT molecular complexity index is 967. The molecule has 3 fully saturated rings. The van der Waals surface area contributed by atoms with E-state index in [0.29, 0.717) is 18.8 Å². The minimum atomic E-state index is -1.09. The number of thiophene rings is 1. The summed E-state index contributed by atoms with van der Waals surface area (Å²) in [5.74, 6) is -0.173. The molecule has 5 heterocycles. The summed E-state index contributed by atoms with van der Waals surface area (Å²) in [6, 6.07) is 9.64. The second kappa shape index (κ2) is 8.92. The van der Waals surface area contributed by atoms with Gasteiger partial charge in [-0.1, -0.05) is 6.07 Å². The van der Waals surface area contributed by atoms with Crippen molar-refractivity contribution in [3.63, 3.8) is 0 Å². The number of nitrogens with one attached hydrogen (secondary N) is 1. The van der Waals surface area contributed by atoms with Crippen molar-refractivity contribution in [1.29, 1.82) is 0 Å². The Morgan fingerprint density at radius 1 is 1.19 bits per heavy atom. The molecule has 170 valence electrons. The first-order chi connectivity index (χ1) is 15.6. The normalized spacial score (nSPS) is 27.3. The van der Waals surface area contributed by atoms with Crippen molar-refractivity contribution in [2.24, 2.45) is 5.92 Å². The van der Waals surface area contributed by atoms with E-state index in [2.05, 4.69) is 34.3 Å². The van der Waals surface area contributed by atoms with E-state index in [1.807, 2.05) is 29.5 Å². The number of imide groups is 1. The molecule has 5 rings (SSSR count). The number of ether oxygens (including phenoxy) is 1. The average Bonchev–Trinajstić information content (AvgIpc) is 3.53. The van der Waals surface area contributed by atoms with Crippen molar-refractivity contribution in [2.45, 2.75) is 50.8 Å². The summed E-state index contributed by atoms with van der Waals surface area (Å²) in [4.78, 5) is 37.9. The number of piperidine rings is 1. The zero-order chi connectivity index (χ0) is 22.1. The lowest BCUT2D eigenvalue weighted by Gasteiger charge is -2.40. The van der Waals surface area contributed by atoms with Crippen molar-refractivity contribution in [1.82, 2.24) is 20.1 Å². The molecule has 2 aromatic rings. The highest BCUT2D eigenvalue weighted by Crippen LogP contribution is 2.41. The number of hydrogen-bond acceptors (Lipinski definition) is 6. The van der Waals surface area contributed by atoms with Gasteiger partial charge in [0.1, 0.15) is 0 Å². The molecule has 0 saturated carbocycles. The Morgan fingerprint density at radius 3 is 2.69 bits per heavy atom. The summed E-state index contributed by atoms with van der Waals surface area (Å²) in [7, 11) is 0. The third kappa shape index (κ3) is 3.95. The highest BCUT2D eigenvalue weighted by atomic mass is 32.1. The molecular formula is C24H30N4O3S. The average molecular weight is 455 g/mol. The van der Waals surface area contributed by atoms with Gasteiger partial charge in [0.25, 0.3) is 5.91 Å². The predicted molar refractivity (Wildman–Crippen MR) is 122 cm³/mol. The molecular weight excluding hydrogens is 424 g/mol. The van der Waals surface area contributed by atoms with Gasteiger partial charge >= 0.3 is 6.03 Å². The van der Waals surface area contributed by atoms with Crippen LogP contribution < -0.4 is 5.32 Å². The maximum atomic E-state index is 13.8. The van der Waals surface area contributed by atoms with Gasteiger partial charge < -0.3 is 10.1 Å². The molecule has 0 aliphatic carbocycles. The summed E-state index contributed by atoms with van der Waals surface area (Å²) in [6.07, 6.45) is 5.16. The molecule has 3 aliphatic rings. The van der Waals surface area contributed by atoms with Gasteiger partial charge in [-0.05, 0) is 75.9 Å². The number of carbonyl (C=O) groups is 2. The third-order valence-corrected chi connectivity index (χ3v) is 7.97. The van der Waals surface area contributed by atoms with Crippen molar-refractivity contribution in [3.05, 3.63) is 52.0 Å². The van der Waals surface area contributed by atoms with Gasteiger partial charge in [-0.25, -0.2) is 4.79 Å². The standard InChI is InChI=1S/C24H30N4O3S/c1-17-7-8-20(32-17)16-27-12-9-18(10-13-27)24(21-6-2-3-11-25-21)22(29)28(23(30)26-24)15-19-5-4-14-31-19/h2-3,6-8,11,18-19H,4-5,9-10,12-16H2,1H3,(H,26,30)/t19-,24-/m1/s1. The van der Waals surface area contributed by atoms with Crippen LogP contribution in [0.4, 0.5) is 4.79 Å². The van der Waals surface area contributed by atoms with Crippen molar-refractivity contribution in [2.75, 3.05) is 26.2 Å². The third-order valence-electron chi connectivity index (χ3n) is 6.99. The first-order valence-electron chi connectivity index (χ1n) is 11.5. The van der Waals surface area contributed by atoms with Gasteiger partial charge in [0.15, 0.2) is 5.54 Å². The summed E-state index contributed by atoms with van der Waals surface area (Å²) in [5.41, 5.74) is -0.455. The van der Waals surface area contributed by atoms with Crippen LogP contribution in [0.2, 0.25) is 0 Å². The number of nitrogens with zero attached hydrogens (tertiary/aromatic N) is 3. The number of likely N-dealkylation sites (tertiary alicyclic amines) is 1. The first-order valence-corrected chi connectivity index (χ1v) is 12.3. The van der Waals surface area contributed by atoms with Crippen LogP contribution in [-0.4, -0.2) is 59.1 Å². The molecule has 3 saturated heterocycles. The summed E-state index contributed by atoms with van der Waals surface area (Å²) >= 11 is 1.84. The number of amides is 3. The molecule has 3 aliphatic heterocycles. The van der Waals surface area contributed by atoms with E-state index in [1.165, 1.54) is 14.7 Å². The number of rotatable bonds is 6. The molecule has 2 aromatic heterocycles. The highest BCUT2D eigenvalue weighted by molar-refractivity contribution is 7.11. The van der Waals surface area contributed by atoms with Crippen molar-refractivity contribution < 1.29 is 14.3 Å². The lowest BCUT2D eigenvalue weighted by molar-refractivity contribution is -0.135. The van der Waals surface area contributed by atoms with E-state index >= 15 is 0 Å². The minimum absolute atomic E-state index is 0.00432. The summed E-state index contributed by atoms with van der Waals surface area (Å²) in [5, 5.41) is 3.10. The molecule has 0 bridgehead atoms. The van der Waals surface area contributed by atoms with E-state index < -0.39 is 5.54 Å². The monoisotopic (exact) mass is 454 g/mol. The van der Waals surface area contributed by atoms with Gasteiger partial charge in [-0.15, -0.1) is 11.3 Å². The summed E-state index contributed by atoms with van der Waals surface area (Å²) in [6.45, 7) is 5.87. The fourth-order valence-electron chi connectivity index (χ4n) is 5.32. The zero-order valence-electron chi connectivity index (χ0n) is 18.5. The predicted octanol–water partition coefficient (Wildman–Crippen LogP) is 3.29. The van der Waals surface area contributed by atoms with Gasteiger partial charge in [0, 0.05) is 29.1 Å². The second-order valence-electron chi connectivity index (χ2n) is 9.07. The van der Waals surface area contributed by atoms with Crippen molar-refractivity contribution >= 4 is 23.3 Å². The van der Waals surface area contributed by atoms with Crippen LogP contribution in [0.15, 0.2) is 36.5 Å². The van der Waals surface area contributed by atoms with E-state index in [1.54, 1.807) is 6.20 Å². The van der Waals surface area contributed by atoms with E-state index in [9.17, 15) is 9.59 Å². The van der Waals surface area contributed by atoms with Crippen LogP contribution in [0.25, 0.3) is 0 Å². The maximum Gasteiger partial charge on any atom is 0.325 e. The molecule has 7 nitrogen and oxygen atoms in total. The minimum Gasteiger partial charge on any atom is -0.376 e. The van der Waals surface area contributed by atoms with Gasteiger partial charge in [0.2, 0.25) is 0 Å².